The second-order valence-electron chi connectivity index (χ2n) is 2.19. The first kappa shape index (κ1) is 8.87. The molecular weight excluding hydrogens is 226 g/mol. The van der Waals surface area contributed by atoms with Crippen molar-refractivity contribution < 1.29 is 4.21 Å². The minimum absolute atomic E-state index is 0.535. The van der Waals surface area contributed by atoms with Gasteiger partial charge in [0.05, 0.1) is 11.4 Å². The van der Waals surface area contributed by atoms with Gasteiger partial charge in [-0.1, -0.05) is 0 Å². The van der Waals surface area contributed by atoms with E-state index in [-0.39, 0.29) is 0 Å². The monoisotopic (exact) mass is 233 g/mol. The Morgan fingerprint density at radius 2 is 2.36 bits per heavy atom. The van der Waals surface area contributed by atoms with E-state index in [4.69, 9.17) is 0 Å². The van der Waals surface area contributed by atoms with Crippen LogP contribution in [0.25, 0.3) is 0 Å². The zero-order valence-electron chi connectivity index (χ0n) is 6.08. The molecule has 1 rings (SSSR count). The van der Waals surface area contributed by atoms with Crippen molar-refractivity contribution in [3.05, 3.63) is 28.5 Å². The molecule has 0 fully saturated rings. The Morgan fingerprint density at radius 3 is 2.82 bits per heavy atom. The van der Waals surface area contributed by atoms with Crippen molar-refractivity contribution in [3.8, 4) is 0 Å². The summed E-state index contributed by atoms with van der Waals surface area (Å²) in [6.45, 7) is 0. The molecule has 0 bridgehead atoms. The molecule has 4 heteroatoms. The van der Waals surface area contributed by atoms with Crippen molar-refractivity contribution in [2.45, 2.75) is 5.75 Å². The van der Waals surface area contributed by atoms with E-state index in [2.05, 4.69) is 20.9 Å². The zero-order valence-corrected chi connectivity index (χ0v) is 8.48. The third-order valence-corrected chi connectivity index (χ3v) is 2.31. The average Bonchev–Trinajstić information content (AvgIpc) is 1.93. The van der Waals surface area contributed by atoms with E-state index in [1.165, 1.54) is 0 Å². The molecule has 1 aromatic heterocycles. The molecule has 60 valence electrons. The fourth-order valence-electron chi connectivity index (χ4n) is 0.700. The normalized spacial score (nSPS) is 12.9. The van der Waals surface area contributed by atoms with Gasteiger partial charge in [0, 0.05) is 27.7 Å². The molecule has 0 aromatic carbocycles. The molecule has 0 radical (unpaired) electrons. The maximum absolute atomic E-state index is 10.8. The quantitative estimate of drug-likeness (QED) is 0.779. The van der Waals surface area contributed by atoms with E-state index in [1.54, 1.807) is 12.5 Å². The van der Waals surface area contributed by atoms with E-state index in [0.717, 1.165) is 10.2 Å². The minimum Gasteiger partial charge on any atom is -0.259 e. The maximum Gasteiger partial charge on any atom is 0.0656 e. The van der Waals surface area contributed by atoms with Gasteiger partial charge in [0.25, 0.3) is 0 Å². The van der Waals surface area contributed by atoms with Gasteiger partial charge in [0.1, 0.15) is 0 Å². The highest BCUT2D eigenvalue weighted by molar-refractivity contribution is 9.10. The standard InChI is InChI=1S/C7H8BrNOS/c1-11(10)5-7-3-2-6(8)4-9-7/h2-4H,5H2,1H3. The topological polar surface area (TPSA) is 30.0 Å². The SMILES string of the molecule is CS(=O)Cc1ccc(Br)cn1. The first-order valence-electron chi connectivity index (χ1n) is 3.09. The van der Waals surface area contributed by atoms with Gasteiger partial charge in [0.2, 0.25) is 0 Å². The van der Waals surface area contributed by atoms with Gasteiger partial charge in [-0.05, 0) is 28.1 Å². The summed E-state index contributed by atoms with van der Waals surface area (Å²) in [5, 5.41) is 0. The predicted molar refractivity (Wildman–Crippen MR) is 49.7 cm³/mol. The Bertz CT molecular complexity index is 260. The summed E-state index contributed by atoms with van der Waals surface area (Å²) in [6, 6.07) is 3.76. The molecule has 1 unspecified atom stereocenters. The van der Waals surface area contributed by atoms with Crippen molar-refractivity contribution in [3.63, 3.8) is 0 Å². The summed E-state index contributed by atoms with van der Waals surface area (Å²) in [5.41, 5.74) is 0.869. The Kier molecular flexibility index (Phi) is 3.20. The number of aromatic nitrogens is 1. The van der Waals surface area contributed by atoms with Crippen LogP contribution < -0.4 is 0 Å². The van der Waals surface area contributed by atoms with Crippen LogP contribution in [0.4, 0.5) is 0 Å². The minimum atomic E-state index is -0.801. The summed E-state index contributed by atoms with van der Waals surface area (Å²) >= 11 is 3.27. The molecule has 11 heavy (non-hydrogen) atoms. The third kappa shape index (κ3) is 3.12. The van der Waals surface area contributed by atoms with E-state index in [9.17, 15) is 4.21 Å². The van der Waals surface area contributed by atoms with Crippen LogP contribution in [0.1, 0.15) is 5.69 Å². The van der Waals surface area contributed by atoms with Crippen LogP contribution in [-0.2, 0) is 16.6 Å². The van der Waals surface area contributed by atoms with Crippen LogP contribution in [0.3, 0.4) is 0 Å². The predicted octanol–water partition coefficient (Wildman–Crippen LogP) is 1.72. The molecule has 0 saturated heterocycles. The molecule has 0 saturated carbocycles. The van der Waals surface area contributed by atoms with Crippen LogP contribution in [0.15, 0.2) is 22.8 Å². The molecule has 1 atom stereocenters. The zero-order chi connectivity index (χ0) is 8.27. The molecule has 1 heterocycles. The summed E-state index contributed by atoms with van der Waals surface area (Å²) in [4.78, 5) is 4.08. The molecule has 2 nitrogen and oxygen atoms in total. The number of hydrogen-bond donors (Lipinski definition) is 0. The lowest BCUT2D eigenvalue weighted by Crippen LogP contribution is -1.94. The van der Waals surface area contributed by atoms with Crippen molar-refractivity contribution in [1.82, 2.24) is 4.98 Å². The Hall–Kier alpha value is -0.220. The highest BCUT2D eigenvalue weighted by Gasteiger charge is 1.96. The lowest BCUT2D eigenvalue weighted by Gasteiger charge is -1.95. The van der Waals surface area contributed by atoms with Gasteiger partial charge in [-0.2, -0.15) is 0 Å². The highest BCUT2D eigenvalue weighted by Crippen LogP contribution is 2.07. The summed E-state index contributed by atoms with van der Waals surface area (Å²) in [5.74, 6) is 0.535. The van der Waals surface area contributed by atoms with Crippen molar-refractivity contribution in [2.24, 2.45) is 0 Å². The van der Waals surface area contributed by atoms with Gasteiger partial charge in [-0.3, -0.25) is 9.19 Å². The number of halogens is 1. The van der Waals surface area contributed by atoms with Crippen molar-refractivity contribution >= 4 is 26.7 Å². The number of rotatable bonds is 2. The first-order chi connectivity index (χ1) is 5.18. The molecule has 1 aromatic rings. The molecule has 0 aliphatic rings. The lowest BCUT2D eigenvalue weighted by molar-refractivity contribution is 0.686. The Balaban J connectivity index is 2.74. The smallest absolute Gasteiger partial charge is 0.0656 e. The molecule has 0 aliphatic carbocycles. The number of hydrogen-bond acceptors (Lipinski definition) is 2. The number of pyridine rings is 1. The van der Waals surface area contributed by atoms with Gasteiger partial charge in [-0.25, -0.2) is 0 Å². The van der Waals surface area contributed by atoms with Gasteiger partial charge < -0.3 is 0 Å². The van der Waals surface area contributed by atoms with Crippen LogP contribution >= 0.6 is 15.9 Å². The lowest BCUT2D eigenvalue weighted by atomic mass is 10.4. The summed E-state index contributed by atoms with van der Waals surface area (Å²) < 4.78 is 11.7. The van der Waals surface area contributed by atoms with Gasteiger partial charge in [0.15, 0.2) is 0 Å². The molecule has 0 aliphatic heterocycles. The first-order valence-corrected chi connectivity index (χ1v) is 5.61. The van der Waals surface area contributed by atoms with Crippen LogP contribution in [0, 0.1) is 0 Å². The summed E-state index contributed by atoms with van der Waals surface area (Å²) in [6.07, 6.45) is 3.38. The van der Waals surface area contributed by atoms with Crippen LogP contribution in [0.5, 0.6) is 0 Å². The van der Waals surface area contributed by atoms with E-state index >= 15 is 0 Å². The van der Waals surface area contributed by atoms with Crippen LogP contribution in [0.2, 0.25) is 0 Å². The second kappa shape index (κ2) is 3.97. The molecular formula is C7H8BrNOS. The van der Waals surface area contributed by atoms with Crippen LogP contribution in [-0.4, -0.2) is 15.4 Å². The van der Waals surface area contributed by atoms with Crippen molar-refractivity contribution in [1.29, 1.82) is 0 Å². The van der Waals surface area contributed by atoms with E-state index in [0.29, 0.717) is 5.75 Å². The highest BCUT2D eigenvalue weighted by atomic mass is 79.9. The fraction of sp³-hybridized carbons (Fsp3) is 0.286. The fourth-order valence-corrected chi connectivity index (χ4v) is 1.52. The average molecular weight is 234 g/mol. The molecule has 0 N–H and O–H groups in total. The van der Waals surface area contributed by atoms with E-state index < -0.39 is 10.8 Å². The Labute approximate surface area is 76.6 Å². The molecule has 0 spiro atoms. The van der Waals surface area contributed by atoms with Crippen molar-refractivity contribution in [2.75, 3.05) is 6.26 Å². The van der Waals surface area contributed by atoms with Gasteiger partial charge >= 0.3 is 0 Å². The van der Waals surface area contributed by atoms with E-state index in [1.807, 2.05) is 12.1 Å². The third-order valence-electron chi connectivity index (χ3n) is 1.14. The van der Waals surface area contributed by atoms with Gasteiger partial charge in [-0.15, -0.1) is 0 Å². The summed E-state index contributed by atoms with van der Waals surface area (Å²) in [7, 11) is -0.801. The molecule has 0 amide bonds. The number of nitrogens with zero attached hydrogens (tertiary/aromatic N) is 1. The maximum atomic E-state index is 10.8. The Morgan fingerprint density at radius 1 is 1.64 bits per heavy atom. The second-order valence-corrected chi connectivity index (χ2v) is 4.54. The largest absolute Gasteiger partial charge is 0.259 e.